The number of hydrogen-bond donors (Lipinski definition) is 0. The minimum atomic E-state index is -2.95. The molecule has 0 aliphatic rings. The van der Waals surface area contributed by atoms with E-state index in [4.69, 9.17) is 11.6 Å². The molecule has 3 nitrogen and oxygen atoms in total. The topological polar surface area (TPSA) is 39.2 Å². The Hall–Kier alpha value is -1.23. The number of aromatic nitrogens is 1. The first kappa shape index (κ1) is 9.85. The fourth-order valence-corrected chi connectivity index (χ4v) is 0.929. The van der Waals surface area contributed by atoms with Gasteiger partial charge in [-0.15, -0.1) is 0 Å². The fraction of sp³-hybridized carbons (Fsp3) is 0.143. The maximum absolute atomic E-state index is 11.7. The summed E-state index contributed by atoms with van der Waals surface area (Å²) in [5.41, 5.74) is -0.0526. The van der Waals surface area contributed by atoms with Gasteiger partial charge >= 0.3 is 6.61 Å². The lowest BCUT2D eigenvalue weighted by atomic mass is 10.3. The highest BCUT2D eigenvalue weighted by molar-refractivity contribution is 6.29. The lowest BCUT2D eigenvalue weighted by Gasteiger charge is -2.04. The van der Waals surface area contributed by atoms with E-state index >= 15 is 0 Å². The van der Waals surface area contributed by atoms with Crippen LogP contribution in [0.25, 0.3) is 0 Å². The quantitative estimate of drug-likeness (QED) is 0.563. The largest absolute Gasteiger partial charge is 0.435 e. The van der Waals surface area contributed by atoms with E-state index in [1.165, 1.54) is 0 Å². The molecule has 6 heteroatoms. The van der Waals surface area contributed by atoms with Gasteiger partial charge in [0.1, 0.15) is 16.6 Å². The molecular weight excluding hydrogens is 204 g/mol. The molecule has 70 valence electrons. The summed E-state index contributed by atoms with van der Waals surface area (Å²) in [6, 6.07) is 2.17. The van der Waals surface area contributed by atoms with Crippen molar-refractivity contribution in [3.8, 4) is 5.75 Å². The minimum Gasteiger partial charge on any atom is -0.435 e. The second-order valence-electron chi connectivity index (χ2n) is 2.05. The molecule has 1 aromatic heterocycles. The molecular formula is C7H4ClF2NO2. The molecule has 0 unspecified atom stereocenters. The van der Waals surface area contributed by atoms with Crippen LogP contribution in [0.4, 0.5) is 8.78 Å². The van der Waals surface area contributed by atoms with Gasteiger partial charge in [-0.05, 0) is 0 Å². The van der Waals surface area contributed by atoms with Crippen LogP contribution in [-0.4, -0.2) is 17.9 Å². The number of rotatable bonds is 3. The zero-order chi connectivity index (χ0) is 9.84. The van der Waals surface area contributed by atoms with Gasteiger partial charge in [-0.25, -0.2) is 4.98 Å². The Morgan fingerprint density at radius 2 is 2.23 bits per heavy atom. The molecule has 1 rings (SSSR count). The van der Waals surface area contributed by atoms with Crippen LogP contribution < -0.4 is 4.74 Å². The molecule has 0 aliphatic heterocycles. The van der Waals surface area contributed by atoms with Gasteiger partial charge in [0.15, 0.2) is 6.29 Å². The Balaban J connectivity index is 2.94. The van der Waals surface area contributed by atoms with Gasteiger partial charge in [-0.3, -0.25) is 4.79 Å². The Morgan fingerprint density at radius 1 is 1.54 bits per heavy atom. The number of ether oxygens (including phenoxy) is 1. The van der Waals surface area contributed by atoms with Crippen molar-refractivity contribution in [2.75, 3.05) is 0 Å². The molecule has 0 N–H and O–H groups in total. The molecule has 0 fully saturated rings. The summed E-state index contributed by atoms with van der Waals surface area (Å²) < 4.78 is 27.4. The first-order chi connectivity index (χ1) is 6.11. The molecule has 0 saturated carbocycles. The monoisotopic (exact) mass is 207 g/mol. The molecule has 13 heavy (non-hydrogen) atoms. The number of halogens is 3. The van der Waals surface area contributed by atoms with E-state index in [0.29, 0.717) is 6.29 Å². The third kappa shape index (κ3) is 2.95. The molecule has 0 aromatic carbocycles. The second kappa shape index (κ2) is 4.13. The van der Waals surface area contributed by atoms with Crippen LogP contribution in [0.1, 0.15) is 10.5 Å². The summed E-state index contributed by atoms with van der Waals surface area (Å²) in [5, 5.41) is -0.0692. The van der Waals surface area contributed by atoms with Gasteiger partial charge in [0.05, 0.1) is 0 Å². The molecule has 0 spiro atoms. The van der Waals surface area contributed by atoms with Crippen molar-refractivity contribution in [2.45, 2.75) is 6.61 Å². The van der Waals surface area contributed by atoms with Gasteiger partial charge in [0.25, 0.3) is 0 Å². The average Bonchev–Trinajstić information content (AvgIpc) is 2.01. The average molecular weight is 208 g/mol. The Bertz CT molecular complexity index is 319. The zero-order valence-corrected chi connectivity index (χ0v) is 6.96. The van der Waals surface area contributed by atoms with Gasteiger partial charge in [0.2, 0.25) is 0 Å². The van der Waals surface area contributed by atoms with Crippen LogP contribution in [0.15, 0.2) is 12.1 Å². The first-order valence-corrected chi connectivity index (χ1v) is 3.57. The van der Waals surface area contributed by atoms with Crippen LogP contribution in [0.3, 0.4) is 0 Å². The van der Waals surface area contributed by atoms with E-state index in [-0.39, 0.29) is 16.6 Å². The summed E-state index contributed by atoms with van der Waals surface area (Å²) in [6.45, 7) is -2.95. The van der Waals surface area contributed by atoms with Crippen molar-refractivity contribution < 1.29 is 18.3 Å². The molecule has 0 saturated heterocycles. The molecule has 0 radical (unpaired) electrons. The number of pyridine rings is 1. The zero-order valence-electron chi connectivity index (χ0n) is 6.21. The van der Waals surface area contributed by atoms with Crippen LogP contribution in [0.5, 0.6) is 5.75 Å². The van der Waals surface area contributed by atoms with E-state index in [2.05, 4.69) is 9.72 Å². The van der Waals surface area contributed by atoms with Crippen molar-refractivity contribution in [2.24, 2.45) is 0 Å². The van der Waals surface area contributed by atoms with Crippen LogP contribution in [-0.2, 0) is 0 Å². The van der Waals surface area contributed by atoms with E-state index < -0.39 is 6.61 Å². The normalized spacial score (nSPS) is 10.2. The Morgan fingerprint density at radius 3 is 2.77 bits per heavy atom. The second-order valence-corrected chi connectivity index (χ2v) is 2.43. The summed E-state index contributed by atoms with van der Waals surface area (Å²) in [4.78, 5) is 13.8. The first-order valence-electron chi connectivity index (χ1n) is 3.19. The smallest absolute Gasteiger partial charge is 0.387 e. The summed E-state index contributed by atoms with van der Waals surface area (Å²) >= 11 is 5.42. The van der Waals surface area contributed by atoms with Crippen molar-refractivity contribution >= 4 is 17.9 Å². The Kier molecular flexibility index (Phi) is 3.13. The fourth-order valence-electron chi connectivity index (χ4n) is 0.724. The third-order valence-corrected chi connectivity index (χ3v) is 1.33. The maximum atomic E-state index is 11.7. The maximum Gasteiger partial charge on any atom is 0.387 e. The summed E-state index contributed by atoms with van der Waals surface area (Å²) in [7, 11) is 0. The van der Waals surface area contributed by atoms with Crippen molar-refractivity contribution in [1.29, 1.82) is 0 Å². The summed E-state index contributed by atoms with van der Waals surface area (Å²) in [5.74, 6) is -0.183. The minimum absolute atomic E-state index is 0.0526. The van der Waals surface area contributed by atoms with E-state index in [1.807, 2.05) is 0 Å². The lowest BCUT2D eigenvalue weighted by Crippen LogP contribution is -2.02. The van der Waals surface area contributed by atoms with E-state index in [9.17, 15) is 13.6 Å². The van der Waals surface area contributed by atoms with Crippen molar-refractivity contribution in [3.05, 3.63) is 23.0 Å². The van der Waals surface area contributed by atoms with E-state index in [1.54, 1.807) is 0 Å². The summed E-state index contributed by atoms with van der Waals surface area (Å²) in [6.07, 6.45) is 0.393. The number of carbonyl (C=O) groups is 1. The highest BCUT2D eigenvalue weighted by Crippen LogP contribution is 2.18. The highest BCUT2D eigenvalue weighted by atomic mass is 35.5. The number of hydrogen-bond acceptors (Lipinski definition) is 3. The van der Waals surface area contributed by atoms with Crippen LogP contribution in [0, 0.1) is 0 Å². The van der Waals surface area contributed by atoms with Gasteiger partial charge in [-0.1, -0.05) is 11.6 Å². The molecule has 1 heterocycles. The van der Waals surface area contributed by atoms with E-state index in [0.717, 1.165) is 12.1 Å². The molecule has 0 atom stereocenters. The Labute approximate surface area is 77.3 Å². The SMILES string of the molecule is O=Cc1cc(OC(F)F)cc(Cl)n1. The van der Waals surface area contributed by atoms with Gasteiger partial charge < -0.3 is 4.74 Å². The number of aldehydes is 1. The van der Waals surface area contributed by atoms with Gasteiger partial charge in [-0.2, -0.15) is 8.78 Å². The van der Waals surface area contributed by atoms with Crippen LogP contribution >= 0.6 is 11.6 Å². The predicted molar refractivity (Wildman–Crippen MR) is 41.3 cm³/mol. The lowest BCUT2D eigenvalue weighted by molar-refractivity contribution is -0.0499. The molecule has 0 amide bonds. The van der Waals surface area contributed by atoms with Crippen LogP contribution in [0.2, 0.25) is 5.15 Å². The number of nitrogens with zero attached hydrogens (tertiary/aromatic N) is 1. The number of alkyl halides is 2. The van der Waals surface area contributed by atoms with Gasteiger partial charge in [0, 0.05) is 12.1 Å². The number of carbonyl (C=O) groups excluding carboxylic acids is 1. The molecule has 1 aromatic rings. The molecule has 0 aliphatic carbocycles. The van der Waals surface area contributed by atoms with Crippen molar-refractivity contribution in [3.63, 3.8) is 0 Å². The third-order valence-electron chi connectivity index (χ3n) is 1.13. The standard InChI is InChI=1S/C7H4ClF2NO2/c8-6-2-5(13-7(9)10)1-4(3-12)11-6/h1-3,7H. The predicted octanol–water partition coefficient (Wildman–Crippen LogP) is 2.15. The van der Waals surface area contributed by atoms with Crippen molar-refractivity contribution in [1.82, 2.24) is 4.98 Å². The highest BCUT2D eigenvalue weighted by Gasteiger charge is 2.06. The molecule has 0 bridgehead atoms.